The maximum Gasteiger partial charge on any atom is 0.270 e. The number of nitrogens with one attached hydrogen (secondary N) is 2. The number of rotatable bonds is 6. The Balaban J connectivity index is 1.98. The molecular weight excluding hydrogens is 324 g/mol. The number of carbonyl (C=O) groups excluding carboxylic acids is 2. The summed E-state index contributed by atoms with van der Waals surface area (Å²) in [6.07, 6.45) is 3.67. The lowest BCUT2D eigenvalue weighted by Gasteiger charge is -2.14. The van der Waals surface area contributed by atoms with E-state index in [4.69, 9.17) is 0 Å². The Morgan fingerprint density at radius 3 is 2.54 bits per heavy atom. The molecule has 0 aliphatic heterocycles. The second-order valence-electron chi connectivity index (χ2n) is 5.48. The van der Waals surface area contributed by atoms with Crippen molar-refractivity contribution >= 4 is 24.4 Å². The zero-order valence-corrected chi connectivity index (χ0v) is 14.5. The van der Waals surface area contributed by atoms with Gasteiger partial charge in [-0.15, -0.1) is 0 Å². The summed E-state index contributed by atoms with van der Waals surface area (Å²) in [5, 5.41) is 5.35. The number of hydrogen-bond acceptors (Lipinski definition) is 5. The van der Waals surface area contributed by atoms with Crippen molar-refractivity contribution in [3.05, 3.63) is 59.7 Å². The SMILES string of the molecule is CC(S)NC(=O)c1ccnc(CC(C)NC(=O)c2ccccn2)c1. The first-order chi connectivity index (χ1) is 11.5. The summed E-state index contributed by atoms with van der Waals surface area (Å²) in [6.45, 7) is 3.66. The number of pyridine rings is 2. The van der Waals surface area contributed by atoms with E-state index < -0.39 is 0 Å². The van der Waals surface area contributed by atoms with Crippen LogP contribution in [-0.4, -0.2) is 33.2 Å². The second kappa shape index (κ2) is 8.44. The summed E-state index contributed by atoms with van der Waals surface area (Å²) in [7, 11) is 0. The maximum absolute atomic E-state index is 12.1. The summed E-state index contributed by atoms with van der Waals surface area (Å²) in [4.78, 5) is 32.3. The van der Waals surface area contributed by atoms with Gasteiger partial charge in [-0.3, -0.25) is 19.6 Å². The Labute approximate surface area is 146 Å². The third kappa shape index (κ3) is 5.34. The van der Waals surface area contributed by atoms with Crippen LogP contribution in [0.1, 0.15) is 40.4 Å². The Morgan fingerprint density at radius 2 is 1.88 bits per heavy atom. The third-order valence-electron chi connectivity index (χ3n) is 3.21. The quantitative estimate of drug-likeness (QED) is 0.551. The zero-order valence-electron chi connectivity index (χ0n) is 13.6. The molecule has 2 N–H and O–H groups in total. The molecule has 2 unspecified atom stereocenters. The molecule has 7 heteroatoms. The van der Waals surface area contributed by atoms with E-state index in [1.165, 1.54) is 0 Å². The van der Waals surface area contributed by atoms with Crippen LogP contribution in [0.25, 0.3) is 0 Å². The minimum Gasteiger partial charge on any atom is -0.348 e. The van der Waals surface area contributed by atoms with E-state index in [1.807, 2.05) is 6.92 Å². The van der Waals surface area contributed by atoms with Gasteiger partial charge in [0.2, 0.25) is 0 Å². The molecule has 2 aromatic heterocycles. The monoisotopic (exact) mass is 344 g/mol. The molecule has 2 heterocycles. The lowest BCUT2D eigenvalue weighted by Crippen LogP contribution is -2.35. The molecule has 0 spiro atoms. The van der Waals surface area contributed by atoms with Gasteiger partial charge in [0.05, 0.1) is 5.37 Å². The number of nitrogens with zero attached hydrogens (tertiary/aromatic N) is 2. The molecule has 2 aromatic rings. The highest BCUT2D eigenvalue weighted by Crippen LogP contribution is 2.06. The van der Waals surface area contributed by atoms with Gasteiger partial charge in [0.25, 0.3) is 11.8 Å². The number of hydrogen-bond donors (Lipinski definition) is 3. The number of amides is 2. The van der Waals surface area contributed by atoms with Gasteiger partial charge in [0.15, 0.2) is 0 Å². The molecule has 0 aliphatic carbocycles. The molecule has 0 fully saturated rings. The molecule has 0 radical (unpaired) electrons. The summed E-state index contributed by atoms with van der Waals surface area (Å²) in [5.41, 5.74) is 1.61. The average molecular weight is 344 g/mol. The third-order valence-corrected chi connectivity index (χ3v) is 3.34. The van der Waals surface area contributed by atoms with E-state index in [2.05, 4.69) is 33.2 Å². The van der Waals surface area contributed by atoms with Crippen molar-refractivity contribution in [2.24, 2.45) is 0 Å². The maximum atomic E-state index is 12.1. The van der Waals surface area contributed by atoms with Crippen LogP contribution in [0.5, 0.6) is 0 Å². The summed E-state index contributed by atoms with van der Waals surface area (Å²) in [6, 6.07) is 8.39. The van der Waals surface area contributed by atoms with Gasteiger partial charge in [-0.05, 0) is 38.1 Å². The molecule has 2 atom stereocenters. The van der Waals surface area contributed by atoms with Gasteiger partial charge in [0.1, 0.15) is 5.69 Å². The first-order valence-corrected chi connectivity index (χ1v) is 8.13. The second-order valence-corrected chi connectivity index (χ2v) is 6.25. The molecule has 0 saturated carbocycles. The Morgan fingerprint density at radius 1 is 1.08 bits per heavy atom. The largest absolute Gasteiger partial charge is 0.348 e. The van der Waals surface area contributed by atoms with Crippen molar-refractivity contribution < 1.29 is 9.59 Å². The molecule has 24 heavy (non-hydrogen) atoms. The number of aromatic nitrogens is 2. The summed E-state index contributed by atoms with van der Waals surface area (Å²) >= 11 is 4.14. The van der Waals surface area contributed by atoms with Gasteiger partial charge < -0.3 is 10.6 Å². The van der Waals surface area contributed by atoms with Crippen LogP contribution in [0.4, 0.5) is 0 Å². The van der Waals surface area contributed by atoms with Gasteiger partial charge >= 0.3 is 0 Å². The highest BCUT2D eigenvalue weighted by Gasteiger charge is 2.13. The smallest absolute Gasteiger partial charge is 0.270 e. The Bertz CT molecular complexity index is 707. The van der Waals surface area contributed by atoms with Gasteiger partial charge in [-0.25, -0.2) is 0 Å². The van der Waals surface area contributed by atoms with Crippen molar-refractivity contribution in [2.45, 2.75) is 31.7 Å². The van der Waals surface area contributed by atoms with Crippen LogP contribution in [0.2, 0.25) is 0 Å². The molecule has 2 rings (SSSR count). The van der Waals surface area contributed by atoms with E-state index in [9.17, 15) is 9.59 Å². The van der Waals surface area contributed by atoms with Crippen LogP contribution in [0.3, 0.4) is 0 Å². The number of carbonyl (C=O) groups is 2. The first-order valence-electron chi connectivity index (χ1n) is 7.61. The van der Waals surface area contributed by atoms with Crippen molar-refractivity contribution in [1.29, 1.82) is 0 Å². The predicted octanol–water partition coefficient (Wildman–Crippen LogP) is 1.84. The highest BCUT2D eigenvalue weighted by molar-refractivity contribution is 7.80. The molecule has 0 aliphatic rings. The molecule has 6 nitrogen and oxygen atoms in total. The molecule has 126 valence electrons. The highest BCUT2D eigenvalue weighted by atomic mass is 32.1. The fraction of sp³-hybridized carbons (Fsp3) is 0.294. The molecular formula is C17H20N4O2S. The van der Waals surface area contributed by atoms with Crippen molar-refractivity contribution in [3.63, 3.8) is 0 Å². The lowest BCUT2D eigenvalue weighted by molar-refractivity contribution is 0.0930. The van der Waals surface area contributed by atoms with Crippen LogP contribution >= 0.6 is 12.6 Å². The summed E-state index contributed by atoms with van der Waals surface area (Å²) < 4.78 is 0. The van der Waals surface area contributed by atoms with E-state index in [1.54, 1.807) is 49.6 Å². The Hall–Kier alpha value is -2.41. The van der Waals surface area contributed by atoms with Crippen LogP contribution in [0.15, 0.2) is 42.7 Å². The van der Waals surface area contributed by atoms with E-state index in [-0.39, 0.29) is 23.2 Å². The fourth-order valence-electron chi connectivity index (χ4n) is 2.16. The molecule has 0 bridgehead atoms. The number of thiol groups is 1. The minimum absolute atomic E-state index is 0.144. The van der Waals surface area contributed by atoms with Crippen molar-refractivity contribution in [2.75, 3.05) is 0 Å². The normalized spacial score (nSPS) is 13.0. The van der Waals surface area contributed by atoms with Crippen LogP contribution in [-0.2, 0) is 6.42 Å². The zero-order chi connectivity index (χ0) is 17.5. The fourth-order valence-corrected chi connectivity index (χ4v) is 2.28. The van der Waals surface area contributed by atoms with Crippen LogP contribution in [0, 0.1) is 0 Å². The Kier molecular flexibility index (Phi) is 6.31. The summed E-state index contributed by atoms with van der Waals surface area (Å²) in [5.74, 6) is -0.438. The van der Waals surface area contributed by atoms with Crippen LogP contribution < -0.4 is 10.6 Å². The predicted molar refractivity (Wildman–Crippen MR) is 95.0 cm³/mol. The van der Waals surface area contributed by atoms with Crippen molar-refractivity contribution in [1.82, 2.24) is 20.6 Å². The average Bonchev–Trinajstić information content (AvgIpc) is 2.55. The van der Waals surface area contributed by atoms with Gasteiger partial charge in [-0.2, -0.15) is 12.6 Å². The molecule has 0 saturated heterocycles. The van der Waals surface area contributed by atoms with Gasteiger partial charge in [-0.1, -0.05) is 6.07 Å². The lowest BCUT2D eigenvalue weighted by atomic mass is 10.1. The van der Waals surface area contributed by atoms with E-state index in [0.717, 1.165) is 5.69 Å². The minimum atomic E-state index is -0.235. The molecule has 2 amide bonds. The standard InChI is InChI=1S/C17H20N4O2S/c1-11(20-17(23)15-5-3-4-7-19-15)9-14-10-13(6-8-18-14)16(22)21-12(2)24/h3-8,10-12,24H,9H2,1-2H3,(H,20,23)(H,21,22). The first kappa shape index (κ1) is 17.9. The van der Waals surface area contributed by atoms with Crippen molar-refractivity contribution in [3.8, 4) is 0 Å². The van der Waals surface area contributed by atoms with E-state index in [0.29, 0.717) is 17.7 Å². The topological polar surface area (TPSA) is 84.0 Å². The van der Waals surface area contributed by atoms with Gasteiger partial charge in [0, 0.05) is 36.1 Å². The van der Waals surface area contributed by atoms with E-state index >= 15 is 0 Å². The molecule has 0 aromatic carbocycles.